The van der Waals surface area contributed by atoms with E-state index in [1.807, 2.05) is 0 Å². The molecule has 0 aromatic carbocycles. The highest BCUT2D eigenvalue weighted by molar-refractivity contribution is 7.90. The average Bonchev–Trinajstić information content (AvgIpc) is 2.80. The van der Waals surface area contributed by atoms with Crippen LogP contribution in [0.1, 0.15) is 40.0 Å². The molecule has 19 heavy (non-hydrogen) atoms. The Labute approximate surface area is 114 Å². The fourth-order valence-electron chi connectivity index (χ4n) is 4.69. The van der Waals surface area contributed by atoms with Gasteiger partial charge in [-0.1, -0.05) is 20.4 Å². The largest absolute Gasteiger partial charge is 0.268 e. The second-order valence-electron chi connectivity index (χ2n) is 6.97. The highest BCUT2D eigenvalue weighted by Crippen LogP contribution is 2.70. The first kappa shape index (κ1) is 13.2. The summed E-state index contributed by atoms with van der Waals surface area (Å²) in [5.41, 5.74) is 0.0727. The van der Waals surface area contributed by atoms with Crippen LogP contribution in [0.2, 0.25) is 0 Å². The van der Waals surface area contributed by atoms with E-state index in [9.17, 15) is 13.2 Å². The van der Waals surface area contributed by atoms with E-state index >= 15 is 0 Å². The Morgan fingerprint density at radius 2 is 2.00 bits per heavy atom. The summed E-state index contributed by atoms with van der Waals surface area (Å²) in [6.07, 6.45) is 2.73. The summed E-state index contributed by atoms with van der Waals surface area (Å²) in [5.74, 6) is 0.0531. The zero-order chi connectivity index (χ0) is 14.2. The normalized spacial score (nSPS) is 41.3. The van der Waals surface area contributed by atoms with Crippen LogP contribution in [0, 0.1) is 16.7 Å². The Kier molecular flexibility index (Phi) is 2.37. The third kappa shape index (κ3) is 1.30. The number of hydrogen-bond acceptors (Lipinski definition) is 3. The number of rotatable bonds is 1. The van der Waals surface area contributed by atoms with Crippen LogP contribution < -0.4 is 0 Å². The fourth-order valence-corrected chi connectivity index (χ4v) is 7.33. The molecule has 0 aromatic rings. The van der Waals surface area contributed by atoms with Crippen molar-refractivity contribution in [3.8, 4) is 0 Å². The summed E-state index contributed by atoms with van der Waals surface area (Å²) < 4.78 is 26.4. The van der Waals surface area contributed by atoms with Gasteiger partial charge < -0.3 is 0 Å². The second kappa shape index (κ2) is 3.43. The topological polar surface area (TPSA) is 54.5 Å². The van der Waals surface area contributed by atoms with Crippen molar-refractivity contribution < 1.29 is 13.2 Å². The molecule has 1 aliphatic heterocycles. The van der Waals surface area contributed by atoms with Crippen molar-refractivity contribution in [3.05, 3.63) is 12.2 Å². The number of nitrogens with zero attached hydrogens (tertiary/aromatic N) is 1. The molecule has 2 aliphatic carbocycles. The van der Waals surface area contributed by atoms with Crippen molar-refractivity contribution in [1.29, 1.82) is 0 Å². The summed E-state index contributed by atoms with van der Waals surface area (Å²) in [5, 5.41) is -0.364. The molecule has 0 aromatic heterocycles. The van der Waals surface area contributed by atoms with Gasteiger partial charge in [0.05, 0.1) is 5.25 Å². The van der Waals surface area contributed by atoms with Crippen molar-refractivity contribution in [2.45, 2.75) is 45.3 Å². The molecule has 1 saturated heterocycles. The Bertz CT molecular complexity index is 577. The lowest BCUT2D eigenvalue weighted by Crippen LogP contribution is -2.39. The van der Waals surface area contributed by atoms with Crippen molar-refractivity contribution in [3.63, 3.8) is 0 Å². The quantitative estimate of drug-likeness (QED) is 0.691. The minimum Gasteiger partial charge on any atom is -0.268 e. The van der Waals surface area contributed by atoms with E-state index in [0.29, 0.717) is 18.0 Å². The highest BCUT2D eigenvalue weighted by atomic mass is 32.2. The molecule has 3 rings (SSSR count). The number of hydrogen-bond donors (Lipinski definition) is 0. The maximum absolute atomic E-state index is 12.7. The predicted octanol–water partition coefficient (Wildman–Crippen LogP) is 1.93. The van der Waals surface area contributed by atoms with Crippen LogP contribution in [-0.2, 0) is 14.8 Å². The predicted molar refractivity (Wildman–Crippen MR) is 72.8 cm³/mol. The van der Waals surface area contributed by atoms with Gasteiger partial charge in [-0.3, -0.25) is 4.79 Å². The molecule has 3 aliphatic rings. The van der Waals surface area contributed by atoms with Gasteiger partial charge in [-0.15, -0.1) is 0 Å². The monoisotopic (exact) mass is 283 g/mol. The zero-order valence-electron chi connectivity index (χ0n) is 11.8. The van der Waals surface area contributed by atoms with Crippen LogP contribution in [0.5, 0.6) is 0 Å². The Morgan fingerprint density at radius 1 is 1.37 bits per heavy atom. The third-order valence-corrected chi connectivity index (χ3v) is 8.31. The second-order valence-corrected chi connectivity index (χ2v) is 9.01. The summed E-state index contributed by atoms with van der Waals surface area (Å²) in [6, 6.07) is 0. The standard InChI is InChI=1S/C14H21NO3S/c1-9(2)12(16)15-8-14-6-5-10(13(14,3)4)7-11(14)19(15,17)18/h10-11H,1,5-8H2,2-4H3. The van der Waals surface area contributed by atoms with Crippen molar-refractivity contribution >= 4 is 15.9 Å². The van der Waals surface area contributed by atoms with Crippen LogP contribution in [0.4, 0.5) is 0 Å². The minimum absolute atomic E-state index is 0.00877. The molecule has 3 fully saturated rings. The van der Waals surface area contributed by atoms with Crippen LogP contribution in [0.3, 0.4) is 0 Å². The lowest BCUT2D eigenvalue weighted by Gasteiger charge is -2.36. The smallest absolute Gasteiger partial charge is 0.262 e. The van der Waals surface area contributed by atoms with Gasteiger partial charge in [-0.2, -0.15) is 0 Å². The van der Waals surface area contributed by atoms with Crippen LogP contribution >= 0.6 is 0 Å². The zero-order valence-corrected chi connectivity index (χ0v) is 12.6. The average molecular weight is 283 g/mol. The summed E-state index contributed by atoms with van der Waals surface area (Å²) in [7, 11) is -3.50. The van der Waals surface area contributed by atoms with Gasteiger partial charge in [0.25, 0.3) is 5.91 Å². The Hall–Kier alpha value is -0.840. The van der Waals surface area contributed by atoms with Gasteiger partial charge in [-0.25, -0.2) is 12.7 Å². The first-order valence-electron chi connectivity index (χ1n) is 6.86. The van der Waals surface area contributed by atoms with E-state index < -0.39 is 15.9 Å². The van der Waals surface area contributed by atoms with Gasteiger partial charge in [0.1, 0.15) is 0 Å². The van der Waals surface area contributed by atoms with Gasteiger partial charge in [0, 0.05) is 17.5 Å². The molecule has 4 nitrogen and oxygen atoms in total. The Balaban J connectivity index is 2.09. The molecule has 0 N–H and O–H groups in total. The highest BCUT2D eigenvalue weighted by Gasteiger charge is 2.72. The first-order chi connectivity index (χ1) is 8.64. The van der Waals surface area contributed by atoms with Crippen molar-refractivity contribution in [2.75, 3.05) is 6.54 Å². The SMILES string of the molecule is C=C(C)C(=O)N1CC23CCC(CC2S1(=O)=O)C3(C)C. The van der Waals surface area contributed by atoms with Crippen LogP contribution in [0.25, 0.3) is 0 Å². The van der Waals surface area contributed by atoms with E-state index in [0.717, 1.165) is 23.6 Å². The molecule has 5 heteroatoms. The van der Waals surface area contributed by atoms with Crippen LogP contribution in [0.15, 0.2) is 12.2 Å². The van der Waals surface area contributed by atoms with Crippen LogP contribution in [-0.4, -0.2) is 30.4 Å². The molecule has 3 atom stereocenters. The first-order valence-corrected chi connectivity index (χ1v) is 8.36. The van der Waals surface area contributed by atoms with E-state index in [4.69, 9.17) is 0 Å². The van der Waals surface area contributed by atoms with E-state index in [1.54, 1.807) is 6.92 Å². The molecular weight excluding hydrogens is 262 g/mol. The maximum Gasteiger partial charge on any atom is 0.262 e. The summed E-state index contributed by atoms with van der Waals surface area (Å²) in [4.78, 5) is 12.1. The molecule has 2 bridgehead atoms. The molecule has 2 saturated carbocycles. The molecule has 0 radical (unpaired) electrons. The molecule has 1 amide bonds. The van der Waals surface area contributed by atoms with Gasteiger partial charge >= 0.3 is 0 Å². The number of carbonyl (C=O) groups is 1. The molecule has 106 valence electrons. The van der Waals surface area contributed by atoms with Gasteiger partial charge in [0.2, 0.25) is 10.0 Å². The number of amides is 1. The van der Waals surface area contributed by atoms with Crippen molar-refractivity contribution in [1.82, 2.24) is 4.31 Å². The lowest BCUT2D eigenvalue weighted by molar-refractivity contribution is -0.123. The molecular formula is C14H21NO3S. The Morgan fingerprint density at radius 3 is 2.47 bits per heavy atom. The van der Waals surface area contributed by atoms with E-state index in [-0.39, 0.29) is 16.1 Å². The summed E-state index contributed by atoms with van der Waals surface area (Å²) in [6.45, 7) is 9.88. The van der Waals surface area contributed by atoms with Gasteiger partial charge in [-0.05, 0) is 37.5 Å². The minimum atomic E-state index is -3.50. The number of fused-ring (bicyclic) bond motifs is 1. The molecule has 1 spiro atoms. The fraction of sp³-hybridized carbons (Fsp3) is 0.786. The van der Waals surface area contributed by atoms with Gasteiger partial charge in [0.15, 0.2) is 0 Å². The molecule has 3 unspecified atom stereocenters. The number of carbonyl (C=O) groups excluding carboxylic acids is 1. The lowest BCUT2D eigenvalue weighted by atomic mass is 9.69. The van der Waals surface area contributed by atoms with E-state index in [2.05, 4.69) is 20.4 Å². The third-order valence-electron chi connectivity index (χ3n) is 6.04. The van der Waals surface area contributed by atoms with E-state index in [1.165, 1.54) is 0 Å². The number of sulfonamides is 1. The molecule has 1 heterocycles. The van der Waals surface area contributed by atoms with Crippen molar-refractivity contribution in [2.24, 2.45) is 16.7 Å². The summed E-state index contributed by atoms with van der Waals surface area (Å²) >= 11 is 0. The maximum atomic E-state index is 12.7.